The van der Waals surface area contributed by atoms with Crippen LogP contribution in [0.2, 0.25) is 0 Å². The Bertz CT molecular complexity index is 315. The van der Waals surface area contributed by atoms with E-state index < -0.39 is 10.1 Å². The van der Waals surface area contributed by atoms with Crippen LogP contribution in [0.15, 0.2) is 29.2 Å². The maximum absolute atomic E-state index is 11.0. The molecule has 0 spiro atoms. The van der Waals surface area contributed by atoms with Gasteiger partial charge in [-0.2, -0.15) is 8.42 Å². The van der Waals surface area contributed by atoms with E-state index >= 15 is 0 Å². The Morgan fingerprint density at radius 1 is 1.36 bits per heavy atom. The van der Waals surface area contributed by atoms with Crippen molar-refractivity contribution in [1.29, 1.82) is 0 Å². The summed E-state index contributed by atoms with van der Waals surface area (Å²) in [5, 5.41) is 0. The second kappa shape index (κ2) is 3.02. The lowest BCUT2D eigenvalue weighted by molar-refractivity contribution is 0.398. The third-order valence-electron chi connectivity index (χ3n) is 1.20. The minimum atomic E-state index is -3.52. The van der Waals surface area contributed by atoms with Gasteiger partial charge in [0.25, 0.3) is 10.1 Å². The van der Waals surface area contributed by atoms with Crippen LogP contribution in [-0.4, -0.2) is 15.5 Å². The normalized spacial score (nSPS) is 11.4. The van der Waals surface area contributed by atoms with Crippen LogP contribution < -0.4 is 0 Å². The summed E-state index contributed by atoms with van der Waals surface area (Å²) in [5.74, 6) is 0. The highest BCUT2D eigenvalue weighted by molar-refractivity contribution is 7.86. The van der Waals surface area contributed by atoms with E-state index in [-0.39, 0.29) is 4.90 Å². The highest BCUT2D eigenvalue weighted by Crippen LogP contribution is 2.08. The number of hydrogen-bond acceptors (Lipinski definition) is 3. The molecule has 0 bridgehead atoms. The largest absolute Gasteiger partial charge is 0.296 e. The molecule has 0 atom stereocenters. The Morgan fingerprint density at radius 2 is 1.91 bits per heavy atom. The minimum Gasteiger partial charge on any atom is -0.270 e. The summed E-state index contributed by atoms with van der Waals surface area (Å²) in [6, 6.07) is 8.61. The molecule has 11 heavy (non-hydrogen) atoms. The van der Waals surface area contributed by atoms with Crippen molar-refractivity contribution in [2.75, 3.05) is 7.11 Å². The number of hydrogen-bond donors (Lipinski definition) is 0. The van der Waals surface area contributed by atoms with Crippen molar-refractivity contribution < 1.29 is 12.6 Å². The van der Waals surface area contributed by atoms with Gasteiger partial charge >= 0.3 is 0 Å². The van der Waals surface area contributed by atoms with Crippen LogP contribution in [0.5, 0.6) is 0 Å². The molecule has 1 aromatic rings. The fourth-order valence-corrected chi connectivity index (χ4v) is 1.30. The van der Waals surface area contributed by atoms with E-state index in [9.17, 15) is 8.42 Å². The summed E-state index contributed by atoms with van der Waals surface area (Å²) in [6.07, 6.45) is 0. The van der Waals surface area contributed by atoms with Crippen molar-refractivity contribution in [3.63, 3.8) is 0 Å². The maximum Gasteiger partial charge on any atom is 0.296 e. The molecular weight excluding hydrogens is 164 g/mol. The monoisotopic (exact) mass is 171 g/mol. The molecule has 0 unspecified atom stereocenters. The van der Waals surface area contributed by atoms with Gasteiger partial charge in [0, 0.05) is 0 Å². The molecule has 1 aromatic carbocycles. The molecule has 0 saturated carbocycles. The van der Waals surface area contributed by atoms with Crippen molar-refractivity contribution in [1.82, 2.24) is 0 Å². The molecule has 0 aliphatic carbocycles. The maximum atomic E-state index is 11.0. The summed E-state index contributed by atoms with van der Waals surface area (Å²) in [5.41, 5.74) is 0. The van der Waals surface area contributed by atoms with Crippen LogP contribution in [0.1, 0.15) is 0 Å². The quantitative estimate of drug-likeness (QED) is 0.619. The van der Waals surface area contributed by atoms with E-state index in [0.717, 1.165) is 7.11 Å². The standard InChI is InChI=1S/C7H7O3S/c1-10-11(8,9)7-5-3-2-4-6-7/h3-6H,1H3. The molecule has 0 aromatic heterocycles. The van der Waals surface area contributed by atoms with Gasteiger partial charge in [-0.25, -0.2) is 0 Å². The van der Waals surface area contributed by atoms with Gasteiger partial charge in [0.2, 0.25) is 0 Å². The summed E-state index contributed by atoms with van der Waals surface area (Å²) in [7, 11) is -2.39. The molecule has 0 amide bonds. The molecule has 59 valence electrons. The first-order valence-electron chi connectivity index (χ1n) is 2.93. The van der Waals surface area contributed by atoms with Gasteiger partial charge in [-0.3, -0.25) is 4.18 Å². The van der Waals surface area contributed by atoms with Crippen LogP contribution in [0, 0.1) is 6.07 Å². The van der Waals surface area contributed by atoms with Crippen molar-refractivity contribution in [3.8, 4) is 0 Å². The zero-order chi connectivity index (χ0) is 8.32. The average Bonchev–Trinajstić information content (AvgIpc) is 2.06. The second-order valence-corrected chi connectivity index (χ2v) is 3.57. The van der Waals surface area contributed by atoms with Crippen molar-refractivity contribution >= 4 is 10.1 Å². The smallest absolute Gasteiger partial charge is 0.270 e. The second-order valence-electron chi connectivity index (χ2n) is 1.86. The molecule has 0 aliphatic heterocycles. The summed E-state index contributed by atoms with van der Waals surface area (Å²) >= 11 is 0. The Kier molecular flexibility index (Phi) is 2.26. The predicted molar refractivity (Wildman–Crippen MR) is 39.5 cm³/mol. The first-order chi connectivity index (χ1) is 5.17. The lowest BCUT2D eigenvalue weighted by Crippen LogP contribution is -2.01. The van der Waals surface area contributed by atoms with Crippen LogP contribution in [0.4, 0.5) is 0 Å². The van der Waals surface area contributed by atoms with Crippen molar-refractivity contribution in [2.45, 2.75) is 4.90 Å². The van der Waals surface area contributed by atoms with Gasteiger partial charge in [-0.15, -0.1) is 0 Å². The molecule has 0 heterocycles. The predicted octanol–water partition coefficient (Wildman–Crippen LogP) is 0.822. The van der Waals surface area contributed by atoms with Crippen LogP contribution in [0.25, 0.3) is 0 Å². The topological polar surface area (TPSA) is 43.4 Å². The lowest BCUT2D eigenvalue weighted by Gasteiger charge is -1.98. The third-order valence-corrected chi connectivity index (χ3v) is 2.48. The van der Waals surface area contributed by atoms with Gasteiger partial charge in [0.1, 0.15) is 0 Å². The van der Waals surface area contributed by atoms with Crippen molar-refractivity contribution in [2.24, 2.45) is 0 Å². The van der Waals surface area contributed by atoms with Gasteiger partial charge in [-0.05, 0) is 18.2 Å². The van der Waals surface area contributed by atoms with Crippen LogP contribution in [0.3, 0.4) is 0 Å². The van der Waals surface area contributed by atoms with E-state index in [1.807, 2.05) is 0 Å². The van der Waals surface area contributed by atoms with E-state index in [4.69, 9.17) is 0 Å². The fraction of sp³-hybridized carbons (Fsp3) is 0.143. The molecule has 4 heteroatoms. The first kappa shape index (κ1) is 8.23. The van der Waals surface area contributed by atoms with E-state index in [2.05, 4.69) is 10.2 Å². The molecule has 1 radical (unpaired) electrons. The summed E-state index contributed by atoms with van der Waals surface area (Å²) in [6.45, 7) is 0. The molecule has 0 fully saturated rings. The Hall–Kier alpha value is -0.870. The Morgan fingerprint density at radius 3 is 2.36 bits per heavy atom. The van der Waals surface area contributed by atoms with E-state index in [1.54, 1.807) is 0 Å². The molecule has 3 nitrogen and oxygen atoms in total. The molecule has 0 saturated heterocycles. The van der Waals surface area contributed by atoms with E-state index in [1.165, 1.54) is 24.3 Å². The Labute approximate surface area is 65.7 Å². The molecule has 1 rings (SSSR count). The fourth-order valence-electron chi connectivity index (χ4n) is 0.634. The van der Waals surface area contributed by atoms with Crippen LogP contribution >= 0.6 is 0 Å². The van der Waals surface area contributed by atoms with E-state index in [0.29, 0.717) is 0 Å². The lowest BCUT2D eigenvalue weighted by atomic mass is 10.4. The summed E-state index contributed by atoms with van der Waals surface area (Å²) < 4.78 is 26.2. The van der Waals surface area contributed by atoms with Gasteiger partial charge in [0.15, 0.2) is 0 Å². The highest BCUT2D eigenvalue weighted by Gasteiger charge is 2.10. The third kappa shape index (κ3) is 1.78. The Balaban J connectivity index is 3.14. The molecule has 0 aliphatic rings. The number of rotatable bonds is 2. The summed E-state index contributed by atoms with van der Waals surface area (Å²) in [4.78, 5) is 0.152. The van der Waals surface area contributed by atoms with Gasteiger partial charge in [-0.1, -0.05) is 12.1 Å². The van der Waals surface area contributed by atoms with Crippen molar-refractivity contribution in [3.05, 3.63) is 30.3 Å². The number of benzene rings is 1. The zero-order valence-corrected chi connectivity index (χ0v) is 6.76. The zero-order valence-electron chi connectivity index (χ0n) is 5.94. The SMILES string of the molecule is COS(=O)(=O)c1cc[c]cc1. The highest BCUT2D eigenvalue weighted by atomic mass is 32.2. The average molecular weight is 171 g/mol. The molecule has 0 N–H and O–H groups in total. The van der Waals surface area contributed by atoms with Gasteiger partial charge < -0.3 is 0 Å². The van der Waals surface area contributed by atoms with Crippen LogP contribution in [-0.2, 0) is 14.3 Å². The molecular formula is C7H7O3S. The minimum absolute atomic E-state index is 0.152. The first-order valence-corrected chi connectivity index (χ1v) is 4.34. The van der Waals surface area contributed by atoms with Gasteiger partial charge in [0.05, 0.1) is 12.0 Å².